The third kappa shape index (κ3) is 2.17. The maximum absolute atomic E-state index is 11.6. The number of rotatable bonds is 1. The summed E-state index contributed by atoms with van der Waals surface area (Å²) < 4.78 is 5.25. The smallest absolute Gasteiger partial charge is 0.407 e. The third-order valence-corrected chi connectivity index (χ3v) is 3.70. The highest BCUT2D eigenvalue weighted by molar-refractivity contribution is 5.68. The van der Waals surface area contributed by atoms with E-state index in [1.54, 1.807) is 0 Å². The maximum Gasteiger partial charge on any atom is 0.407 e. The molecule has 0 heterocycles. The van der Waals surface area contributed by atoms with E-state index in [-0.39, 0.29) is 12.1 Å². The molecular formula is C12H22N2O2. The van der Waals surface area contributed by atoms with Gasteiger partial charge in [0, 0.05) is 12.1 Å². The highest BCUT2D eigenvalue weighted by Gasteiger charge is 2.54. The Hall–Kier alpha value is -0.770. The fourth-order valence-corrected chi connectivity index (χ4v) is 2.85. The van der Waals surface area contributed by atoms with Crippen LogP contribution in [-0.4, -0.2) is 23.8 Å². The molecule has 3 N–H and O–H groups in total. The lowest BCUT2D eigenvalue weighted by molar-refractivity contribution is -0.0375. The standard InChI is InChI=1S/C12H22N2O2/c1-11(2,3)16-10(15)14-9-4-5-12(9)6-8(13)7-12/h8-9H,4-7,13H2,1-3H3,(H,14,15)/t8?,9-,12?/m0/s1. The van der Waals surface area contributed by atoms with Gasteiger partial charge in [0.25, 0.3) is 0 Å². The molecule has 2 saturated carbocycles. The van der Waals surface area contributed by atoms with E-state index >= 15 is 0 Å². The van der Waals surface area contributed by atoms with Crippen LogP contribution >= 0.6 is 0 Å². The minimum Gasteiger partial charge on any atom is -0.444 e. The van der Waals surface area contributed by atoms with Crippen molar-refractivity contribution in [3.63, 3.8) is 0 Å². The molecule has 2 rings (SSSR count). The number of nitrogens with one attached hydrogen (secondary N) is 1. The molecule has 2 aliphatic rings. The van der Waals surface area contributed by atoms with E-state index < -0.39 is 5.60 Å². The quantitative estimate of drug-likeness (QED) is 0.716. The zero-order valence-corrected chi connectivity index (χ0v) is 10.4. The molecule has 4 nitrogen and oxygen atoms in total. The molecule has 0 aromatic rings. The lowest BCUT2D eigenvalue weighted by Crippen LogP contribution is -2.64. The molecule has 16 heavy (non-hydrogen) atoms. The Balaban J connectivity index is 1.80. The number of alkyl carbamates (subject to hydrolysis) is 1. The Kier molecular flexibility index (Phi) is 2.65. The van der Waals surface area contributed by atoms with Crippen LogP contribution in [0.25, 0.3) is 0 Å². The second-order valence-corrected chi connectivity index (χ2v) is 6.27. The van der Waals surface area contributed by atoms with Gasteiger partial charge in [-0.05, 0) is 51.9 Å². The predicted molar refractivity (Wildman–Crippen MR) is 62.0 cm³/mol. The van der Waals surface area contributed by atoms with Crippen LogP contribution in [-0.2, 0) is 4.74 Å². The minimum atomic E-state index is -0.420. The number of hydrogen-bond acceptors (Lipinski definition) is 3. The molecule has 1 amide bonds. The van der Waals surface area contributed by atoms with Crippen molar-refractivity contribution in [2.45, 2.75) is 64.1 Å². The molecule has 2 fully saturated rings. The summed E-state index contributed by atoms with van der Waals surface area (Å²) in [7, 11) is 0. The third-order valence-electron chi connectivity index (χ3n) is 3.70. The van der Waals surface area contributed by atoms with Gasteiger partial charge < -0.3 is 15.8 Å². The first-order valence-electron chi connectivity index (χ1n) is 6.06. The molecule has 0 aromatic carbocycles. The van der Waals surface area contributed by atoms with E-state index in [9.17, 15) is 4.79 Å². The van der Waals surface area contributed by atoms with Gasteiger partial charge in [-0.2, -0.15) is 0 Å². The van der Waals surface area contributed by atoms with Crippen LogP contribution in [0.5, 0.6) is 0 Å². The Morgan fingerprint density at radius 1 is 1.44 bits per heavy atom. The van der Waals surface area contributed by atoms with Gasteiger partial charge in [0.15, 0.2) is 0 Å². The van der Waals surface area contributed by atoms with Crippen LogP contribution in [0.4, 0.5) is 4.79 Å². The van der Waals surface area contributed by atoms with Crippen molar-refractivity contribution in [2.24, 2.45) is 11.1 Å². The van der Waals surface area contributed by atoms with Crippen LogP contribution in [0.3, 0.4) is 0 Å². The summed E-state index contributed by atoms with van der Waals surface area (Å²) >= 11 is 0. The average Bonchev–Trinajstić information content (AvgIpc) is 2.04. The van der Waals surface area contributed by atoms with Crippen LogP contribution in [0.15, 0.2) is 0 Å². The molecule has 0 radical (unpaired) electrons. The normalized spacial score (nSPS) is 37.5. The number of ether oxygens (including phenoxy) is 1. The van der Waals surface area contributed by atoms with Crippen LogP contribution in [0.2, 0.25) is 0 Å². The predicted octanol–water partition coefficient (Wildman–Crippen LogP) is 1.78. The van der Waals surface area contributed by atoms with Crippen LogP contribution < -0.4 is 11.1 Å². The molecular weight excluding hydrogens is 204 g/mol. The van der Waals surface area contributed by atoms with E-state index in [1.165, 1.54) is 6.42 Å². The van der Waals surface area contributed by atoms with Gasteiger partial charge in [0.2, 0.25) is 0 Å². The van der Waals surface area contributed by atoms with Crippen molar-refractivity contribution >= 4 is 6.09 Å². The van der Waals surface area contributed by atoms with Crippen LogP contribution in [0.1, 0.15) is 46.5 Å². The molecule has 4 heteroatoms. The SMILES string of the molecule is CC(C)(C)OC(=O)N[C@H]1CCC12CC(N)C2. The number of carbonyl (C=O) groups is 1. The highest BCUT2D eigenvalue weighted by Crippen LogP contribution is 2.55. The first-order chi connectivity index (χ1) is 7.31. The van der Waals surface area contributed by atoms with E-state index in [0.29, 0.717) is 11.5 Å². The molecule has 0 saturated heterocycles. The van der Waals surface area contributed by atoms with E-state index in [0.717, 1.165) is 19.3 Å². The van der Waals surface area contributed by atoms with Crippen molar-refractivity contribution in [2.75, 3.05) is 0 Å². The summed E-state index contributed by atoms with van der Waals surface area (Å²) in [5.41, 5.74) is 5.70. The summed E-state index contributed by atoms with van der Waals surface area (Å²) in [6.07, 6.45) is 4.06. The topological polar surface area (TPSA) is 64.3 Å². The summed E-state index contributed by atoms with van der Waals surface area (Å²) in [5, 5.41) is 2.97. The average molecular weight is 226 g/mol. The summed E-state index contributed by atoms with van der Waals surface area (Å²) in [6.45, 7) is 5.63. The second-order valence-electron chi connectivity index (χ2n) is 6.27. The molecule has 0 aliphatic heterocycles. The van der Waals surface area contributed by atoms with Crippen molar-refractivity contribution < 1.29 is 9.53 Å². The largest absolute Gasteiger partial charge is 0.444 e. The number of nitrogens with two attached hydrogens (primary N) is 1. The lowest BCUT2D eigenvalue weighted by atomic mass is 9.51. The molecule has 0 unspecified atom stereocenters. The van der Waals surface area contributed by atoms with E-state index in [4.69, 9.17) is 10.5 Å². The molecule has 92 valence electrons. The van der Waals surface area contributed by atoms with Gasteiger partial charge in [-0.1, -0.05) is 0 Å². The first-order valence-corrected chi connectivity index (χ1v) is 6.06. The number of amides is 1. The van der Waals surface area contributed by atoms with Gasteiger partial charge in [0.1, 0.15) is 5.60 Å². The highest BCUT2D eigenvalue weighted by atomic mass is 16.6. The minimum absolute atomic E-state index is 0.280. The van der Waals surface area contributed by atoms with E-state index in [1.807, 2.05) is 20.8 Å². The lowest BCUT2D eigenvalue weighted by Gasteiger charge is -2.58. The van der Waals surface area contributed by atoms with Gasteiger partial charge >= 0.3 is 6.09 Å². The van der Waals surface area contributed by atoms with Crippen molar-refractivity contribution in [3.8, 4) is 0 Å². The fraction of sp³-hybridized carbons (Fsp3) is 0.917. The zero-order chi connectivity index (χ0) is 12.0. The molecule has 0 bridgehead atoms. The monoisotopic (exact) mass is 226 g/mol. The second kappa shape index (κ2) is 3.62. The molecule has 0 aromatic heterocycles. The van der Waals surface area contributed by atoms with Gasteiger partial charge in [-0.15, -0.1) is 0 Å². The Morgan fingerprint density at radius 2 is 2.06 bits per heavy atom. The Bertz CT molecular complexity index is 290. The maximum atomic E-state index is 11.6. The summed E-state index contributed by atoms with van der Waals surface area (Å²) in [6, 6.07) is 0.616. The number of carbonyl (C=O) groups excluding carboxylic acids is 1. The van der Waals surface area contributed by atoms with Gasteiger partial charge in [-0.25, -0.2) is 4.79 Å². The van der Waals surface area contributed by atoms with Crippen molar-refractivity contribution in [1.29, 1.82) is 0 Å². The molecule has 2 aliphatic carbocycles. The van der Waals surface area contributed by atoms with E-state index in [2.05, 4.69) is 5.32 Å². The number of hydrogen-bond donors (Lipinski definition) is 2. The Morgan fingerprint density at radius 3 is 2.44 bits per heavy atom. The van der Waals surface area contributed by atoms with Crippen molar-refractivity contribution in [1.82, 2.24) is 5.32 Å². The van der Waals surface area contributed by atoms with Crippen LogP contribution in [0, 0.1) is 5.41 Å². The summed E-state index contributed by atoms with van der Waals surface area (Å²) in [5.74, 6) is 0. The summed E-state index contributed by atoms with van der Waals surface area (Å²) in [4.78, 5) is 11.6. The molecule has 1 spiro atoms. The Labute approximate surface area is 96.9 Å². The first kappa shape index (κ1) is 11.7. The zero-order valence-electron chi connectivity index (χ0n) is 10.4. The van der Waals surface area contributed by atoms with Gasteiger partial charge in [-0.3, -0.25) is 0 Å². The fourth-order valence-electron chi connectivity index (χ4n) is 2.85. The van der Waals surface area contributed by atoms with Crippen molar-refractivity contribution in [3.05, 3.63) is 0 Å². The molecule has 1 atom stereocenters. The van der Waals surface area contributed by atoms with Gasteiger partial charge in [0.05, 0.1) is 0 Å².